The first-order valence-corrected chi connectivity index (χ1v) is 5.87. The average Bonchev–Trinajstić information content (AvgIpc) is 2.72. The Morgan fingerprint density at radius 1 is 1.33 bits per heavy atom. The highest BCUT2D eigenvalue weighted by Crippen LogP contribution is 2.24. The molecule has 0 unspecified atom stereocenters. The molecule has 4 nitrogen and oxygen atoms in total. The van der Waals surface area contributed by atoms with Crippen LogP contribution in [0.15, 0.2) is 30.5 Å². The first-order valence-electron chi connectivity index (χ1n) is 5.87. The van der Waals surface area contributed by atoms with E-state index in [-0.39, 0.29) is 0 Å². The molecule has 2 aromatic rings. The lowest BCUT2D eigenvalue weighted by molar-refractivity contribution is 0.340. The summed E-state index contributed by atoms with van der Waals surface area (Å²) in [6, 6.07) is 9.93. The van der Waals surface area contributed by atoms with Crippen molar-refractivity contribution in [2.75, 3.05) is 6.61 Å². The maximum Gasteiger partial charge on any atom is 0.119 e. The second-order valence-electron chi connectivity index (χ2n) is 3.97. The van der Waals surface area contributed by atoms with Crippen LogP contribution in [0.1, 0.15) is 12.5 Å². The molecule has 0 saturated heterocycles. The molecule has 18 heavy (non-hydrogen) atoms. The molecule has 1 aromatic carbocycles. The second kappa shape index (κ2) is 5.37. The molecule has 0 atom stereocenters. The number of hydrogen-bond donors (Lipinski definition) is 0. The quantitative estimate of drug-likeness (QED) is 0.826. The van der Waals surface area contributed by atoms with Gasteiger partial charge >= 0.3 is 0 Å². The van der Waals surface area contributed by atoms with Crippen molar-refractivity contribution in [3.8, 4) is 23.1 Å². The van der Waals surface area contributed by atoms with E-state index in [0.29, 0.717) is 13.0 Å². The summed E-state index contributed by atoms with van der Waals surface area (Å²) in [5.74, 6) is 0.846. The van der Waals surface area contributed by atoms with Crippen molar-refractivity contribution in [1.82, 2.24) is 9.78 Å². The fourth-order valence-electron chi connectivity index (χ4n) is 1.87. The van der Waals surface area contributed by atoms with Crippen LogP contribution in [0.25, 0.3) is 11.3 Å². The van der Waals surface area contributed by atoms with Gasteiger partial charge in [0.05, 0.1) is 24.8 Å². The van der Waals surface area contributed by atoms with Crippen molar-refractivity contribution in [1.29, 1.82) is 5.26 Å². The standard InChI is InChI=1S/C14H15N3O/c1-3-18-13-6-4-11(5-7-13)14-12(8-9-15)10-17(2)16-14/h4-7,10H,3,8H2,1-2H3. The summed E-state index contributed by atoms with van der Waals surface area (Å²) in [7, 11) is 1.86. The number of nitriles is 1. The van der Waals surface area contributed by atoms with Gasteiger partial charge in [-0.2, -0.15) is 10.4 Å². The normalized spacial score (nSPS) is 10.1. The van der Waals surface area contributed by atoms with Gasteiger partial charge in [0.15, 0.2) is 0 Å². The van der Waals surface area contributed by atoms with Crippen LogP contribution in [0.2, 0.25) is 0 Å². The van der Waals surface area contributed by atoms with E-state index in [0.717, 1.165) is 22.6 Å². The van der Waals surface area contributed by atoms with E-state index in [1.807, 2.05) is 44.4 Å². The molecule has 4 heteroatoms. The van der Waals surface area contributed by atoms with Crippen molar-refractivity contribution in [2.45, 2.75) is 13.3 Å². The zero-order valence-electron chi connectivity index (χ0n) is 10.6. The number of aryl methyl sites for hydroxylation is 1. The number of hydrogen-bond acceptors (Lipinski definition) is 3. The third kappa shape index (κ3) is 2.51. The van der Waals surface area contributed by atoms with Crippen LogP contribution in [0.4, 0.5) is 0 Å². The summed E-state index contributed by atoms with van der Waals surface area (Å²) in [6.07, 6.45) is 2.26. The number of rotatable bonds is 4. The van der Waals surface area contributed by atoms with E-state index >= 15 is 0 Å². The van der Waals surface area contributed by atoms with Crippen molar-refractivity contribution in [3.63, 3.8) is 0 Å². The Hall–Kier alpha value is -2.28. The summed E-state index contributed by atoms with van der Waals surface area (Å²) in [5, 5.41) is 13.2. The number of benzene rings is 1. The number of aromatic nitrogens is 2. The summed E-state index contributed by atoms with van der Waals surface area (Å²) < 4.78 is 7.14. The topological polar surface area (TPSA) is 50.8 Å². The van der Waals surface area contributed by atoms with Crippen LogP contribution in [-0.4, -0.2) is 16.4 Å². The summed E-state index contributed by atoms with van der Waals surface area (Å²) in [4.78, 5) is 0. The van der Waals surface area contributed by atoms with Crippen LogP contribution in [0, 0.1) is 11.3 Å². The first kappa shape index (κ1) is 12.2. The summed E-state index contributed by atoms with van der Waals surface area (Å²) >= 11 is 0. The van der Waals surface area contributed by atoms with E-state index in [1.54, 1.807) is 4.68 Å². The lowest BCUT2D eigenvalue weighted by Gasteiger charge is -2.04. The third-order valence-electron chi connectivity index (χ3n) is 2.61. The van der Waals surface area contributed by atoms with Crippen molar-refractivity contribution in [3.05, 3.63) is 36.0 Å². The van der Waals surface area contributed by atoms with Gasteiger partial charge in [-0.15, -0.1) is 0 Å². The molecule has 1 aromatic heterocycles. The zero-order valence-corrected chi connectivity index (χ0v) is 10.6. The van der Waals surface area contributed by atoms with Gasteiger partial charge in [0.2, 0.25) is 0 Å². The van der Waals surface area contributed by atoms with Gasteiger partial charge in [-0.1, -0.05) is 0 Å². The monoisotopic (exact) mass is 241 g/mol. The molecule has 0 amide bonds. The Bertz CT molecular complexity index is 564. The molecule has 0 saturated carbocycles. The Balaban J connectivity index is 2.33. The average molecular weight is 241 g/mol. The summed E-state index contributed by atoms with van der Waals surface area (Å²) in [6.45, 7) is 2.61. The molecule has 0 N–H and O–H groups in total. The van der Waals surface area contributed by atoms with Gasteiger partial charge in [0.25, 0.3) is 0 Å². The molecule has 1 heterocycles. The summed E-state index contributed by atoms with van der Waals surface area (Å²) in [5.41, 5.74) is 2.82. The lowest BCUT2D eigenvalue weighted by Crippen LogP contribution is -1.92. The van der Waals surface area contributed by atoms with Crippen LogP contribution < -0.4 is 4.74 Å². The Labute approximate surface area is 106 Å². The molecular weight excluding hydrogens is 226 g/mol. The highest BCUT2D eigenvalue weighted by molar-refractivity contribution is 5.64. The first-order chi connectivity index (χ1) is 8.74. The van der Waals surface area contributed by atoms with E-state index in [1.165, 1.54) is 0 Å². The third-order valence-corrected chi connectivity index (χ3v) is 2.61. The Morgan fingerprint density at radius 3 is 2.67 bits per heavy atom. The molecule has 0 bridgehead atoms. The fraction of sp³-hybridized carbons (Fsp3) is 0.286. The minimum atomic E-state index is 0.371. The maximum atomic E-state index is 8.81. The Morgan fingerprint density at radius 2 is 2.06 bits per heavy atom. The smallest absolute Gasteiger partial charge is 0.119 e. The molecule has 0 aliphatic heterocycles. The molecule has 0 spiro atoms. The number of nitrogens with zero attached hydrogens (tertiary/aromatic N) is 3. The van der Waals surface area contributed by atoms with Crippen LogP contribution >= 0.6 is 0 Å². The van der Waals surface area contributed by atoms with Gasteiger partial charge < -0.3 is 4.74 Å². The Kier molecular flexibility index (Phi) is 3.63. The molecule has 0 aliphatic rings. The number of ether oxygens (including phenoxy) is 1. The maximum absolute atomic E-state index is 8.81. The largest absolute Gasteiger partial charge is 0.494 e. The van der Waals surface area contributed by atoms with E-state index in [4.69, 9.17) is 10.00 Å². The van der Waals surface area contributed by atoms with Gasteiger partial charge in [-0.3, -0.25) is 4.68 Å². The molecule has 92 valence electrons. The van der Waals surface area contributed by atoms with Crippen molar-refractivity contribution >= 4 is 0 Å². The van der Waals surface area contributed by atoms with Crippen molar-refractivity contribution in [2.24, 2.45) is 7.05 Å². The molecule has 0 radical (unpaired) electrons. The fourth-order valence-corrected chi connectivity index (χ4v) is 1.87. The van der Waals surface area contributed by atoms with Gasteiger partial charge in [-0.05, 0) is 31.2 Å². The zero-order chi connectivity index (χ0) is 13.0. The van der Waals surface area contributed by atoms with Crippen LogP contribution in [0.3, 0.4) is 0 Å². The molecule has 0 aliphatic carbocycles. The molecule has 0 fully saturated rings. The van der Waals surface area contributed by atoms with E-state index in [2.05, 4.69) is 11.2 Å². The lowest BCUT2D eigenvalue weighted by atomic mass is 10.1. The van der Waals surface area contributed by atoms with Crippen molar-refractivity contribution < 1.29 is 4.74 Å². The SMILES string of the molecule is CCOc1ccc(-c2nn(C)cc2CC#N)cc1. The molecular formula is C14H15N3O. The van der Waals surface area contributed by atoms with E-state index < -0.39 is 0 Å². The minimum Gasteiger partial charge on any atom is -0.494 e. The highest BCUT2D eigenvalue weighted by Gasteiger charge is 2.09. The van der Waals surface area contributed by atoms with Crippen LogP contribution in [-0.2, 0) is 13.5 Å². The van der Waals surface area contributed by atoms with Gasteiger partial charge in [0, 0.05) is 24.4 Å². The highest BCUT2D eigenvalue weighted by atomic mass is 16.5. The molecule has 2 rings (SSSR count). The predicted octanol–water partition coefficient (Wildman–Crippen LogP) is 2.55. The predicted molar refractivity (Wildman–Crippen MR) is 69.1 cm³/mol. The second-order valence-corrected chi connectivity index (χ2v) is 3.97. The van der Waals surface area contributed by atoms with Crippen LogP contribution in [0.5, 0.6) is 5.75 Å². The van der Waals surface area contributed by atoms with Gasteiger partial charge in [0.1, 0.15) is 5.75 Å². The minimum absolute atomic E-state index is 0.371. The van der Waals surface area contributed by atoms with Gasteiger partial charge in [-0.25, -0.2) is 0 Å². The van der Waals surface area contributed by atoms with E-state index in [9.17, 15) is 0 Å².